The zero-order chi connectivity index (χ0) is 13.8. The molecule has 104 valence electrons. The summed E-state index contributed by atoms with van der Waals surface area (Å²) < 4.78 is 0. The van der Waals surface area contributed by atoms with Gasteiger partial charge in [-0.1, -0.05) is 60.7 Å². The van der Waals surface area contributed by atoms with E-state index in [4.69, 9.17) is 5.73 Å². The molecule has 2 nitrogen and oxygen atoms in total. The first-order valence-corrected chi connectivity index (χ1v) is 7.44. The van der Waals surface area contributed by atoms with Crippen LogP contribution < -0.4 is 5.73 Å². The topological polar surface area (TPSA) is 29.3 Å². The number of nitrogens with zero attached hydrogens (tertiary/aromatic N) is 1. The Labute approximate surface area is 121 Å². The van der Waals surface area contributed by atoms with Crippen LogP contribution in [-0.4, -0.2) is 18.0 Å². The highest BCUT2D eigenvalue weighted by atomic mass is 15.2. The van der Waals surface area contributed by atoms with Crippen LogP contribution in [0.5, 0.6) is 0 Å². The van der Waals surface area contributed by atoms with Crippen LogP contribution in [-0.2, 0) is 0 Å². The first-order valence-electron chi connectivity index (χ1n) is 7.44. The molecule has 1 aliphatic heterocycles. The molecular weight excluding hydrogens is 244 g/mol. The van der Waals surface area contributed by atoms with Gasteiger partial charge < -0.3 is 5.73 Å². The van der Waals surface area contributed by atoms with Gasteiger partial charge in [-0.05, 0) is 30.5 Å². The quantitative estimate of drug-likeness (QED) is 0.917. The van der Waals surface area contributed by atoms with Gasteiger partial charge in [0.25, 0.3) is 0 Å². The van der Waals surface area contributed by atoms with Crippen LogP contribution in [0.15, 0.2) is 60.7 Å². The van der Waals surface area contributed by atoms with Crippen molar-refractivity contribution in [2.75, 3.05) is 13.1 Å². The lowest BCUT2D eigenvalue weighted by Gasteiger charge is -2.27. The van der Waals surface area contributed by atoms with Crippen LogP contribution in [0.1, 0.15) is 36.1 Å². The number of hydrogen-bond acceptors (Lipinski definition) is 2. The summed E-state index contributed by atoms with van der Waals surface area (Å²) >= 11 is 0. The van der Waals surface area contributed by atoms with E-state index in [2.05, 4.69) is 59.5 Å². The molecule has 2 heteroatoms. The fourth-order valence-electron chi connectivity index (χ4n) is 3.16. The summed E-state index contributed by atoms with van der Waals surface area (Å²) in [6.07, 6.45) is 2.51. The average molecular weight is 266 g/mol. The van der Waals surface area contributed by atoms with E-state index in [-0.39, 0.29) is 6.04 Å². The maximum Gasteiger partial charge on any atom is 0.0424 e. The maximum atomic E-state index is 6.37. The van der Waals surface area contributed by atoms with Gasteiger partial charge in [-0.2, -0.15) is 0 Å². The van der Waals surface area contributed by atoms with Gasteiger partial charge in [0.1, 0.15) is 0 Å². The van der Waals surface area contributed by atoms with Gasteiger partial charge in [0.2, 0.25) is 0 Å². The number of rotatable bonds is 4. The smallest absolute Gasteiger partial charge is 0.0424 e. The maximum absolute atomic E-state index is 6.37. The van der Waals surface area contributed by atoms with Gasteiger partial charge >= 0.3 is 0 Å². The molecule has 0 unspecified atom stereocenters. The van der Waals surface area contributed by atoms with E-state index >= 15 is 0 Å². The van der Waals surface area contributed by atoms with Crippen molar-refractivity contribution in [1.29, 1.82) is 0 Å². The standard InChI is InChI=1S/C18H22N2/c19-17(15-8-3-1-4-9-15)14-20-13-7-12-18(20)16-10-5-2-6-11-16/h1-6,8-11,17-18H,7,12-14,19H2/t17-,18+/m1/s1. The molecule has 2 N–H and O–H groups in total. The molecule has 20 heavy (non-hydrogen) atoms. The van der Waals surface area contributed by atoms with Crippen LogP contribution in [0.2, 0.25) is 0 Å². The van der Waals surface area contributed by atoms with Crippen molar-refractivity contribution in [3.8, 4) is 0 Å². The zero-order valence-corrected chi connectivity index (χ0v) is 11.8. The second kappa shape index (κ2) is 6.21. The van der Waals surface area contributed by atoms with E-state index in [9.17, 15) is 0 Å². The van der Waals surface area contributed by atoms with Crippen molar-refractivity contribution < 1.29 is 0 Å². The molecule has 2 aromatic rings. The Bertz CT molecular complexity index is 524. The third-order valence-corrected chi connectivity index (χ3v) is 4.21. The van der Waals surface area contributed by atoms with E-state index in [0.29, 0.717) is 6.04 Å². The summed E-state index contributed by atoms with van der Waals surface area (Å²) in [6.45, 7) is 2.09. The Hall–Kier alpha value is -1.64. The number of likely N-dealkylation sites (tertiary alicyclic amines) is 1. The number of nitrogens with two attached hydrogens (primary N) is 1. The van der Waals surface area contributed by atoms with Crippen molar-refractivity contribution >= 4 is 0 Å². The molecular formula is C18H22N2. The summed E-state index contributed by atoms with van der Waals surface area (Å²) in [5.41, 5.74) is 9.02. The molecule has 1 fully saturated rings. The Morgan fingerprint density at radius 3 is 2.35 bits per heavy atom. The molecule has 0 saturated carbocycles. The minimum Gasteiger partial charge on any atom is -0.323 e. The van der Waals surface area contributed by atoms with E-state index in [1.165, 1.54) is 24.0 Å². The highest BCUT2D eigenvalue weighted by molar-refractivity contribution is 5.22. The van der Waals surface area contributed by atoms with Gasteiger partial charge in [0, 0.05) is 18.6 Å². The van der Waals surface area contributed by atoms with Crippen LogP contribution in [0.3, 0.4) is 0 Å². The molecule has 0 amide bonds. The van der Waals surface area contributed by atoms with Crippen molar-refractivity contribution in [1.82, 2.24) is 4.90 Å². The van der Waals surface area contributed by atoms with Crippen LogP contribution >= 0.6 is 0 Å². The third kappa shape index (κ3) is 2.92. The van der Waals surface area contributed by atoms with Gasteiger partial charge in [-0.25, -0.2) is 0 Å². The van der Waals surface area contributed by atoms with Crippen LogP contribution in [0, 0.1) is 0 Å². The zero-order valence-electron chi connectivity index (χ0n) is 11.8. The molecule has 0 aliphatic carbocycles. The van der Waals surface area contributed by atoms with E-state index < -0.39 is 0 Å². The summed E-state index contributed by atoms with van der Waals surface area (Å²) in [7, 11) is 0. The minimum atomic E-state index is 0.0977. The number of hydrogen-bond donors (Lipinski definition) is 1. The minimum absolute atomic E-state index is 0.0977. The normalized spacial score (nSPS) is 20.9. The van der Waals surface area contributed by atoms with E-state index in [1.54, 1.807) is 0 Å². The Morgan fingerprint density at radius 1 is 1.00 bits per heavy atom. The van der Waals surface area contributed by atoms with Gasteiger partial charge in [0.15, 0.2) is 0 Å². The fourth-order valence-corrected chi connectivity index (χ4v) is 3.16. The molecule has 3 rings (SSSR count). The summed E-state index contributed by atoms with van der Waals surface area (Å²) in [5, 5.41) is 0. The first-order chi connectivity index (χ1) is 9.84. The summed E-state index contributed by atoms with van der Waals surface area (Å²) in [4.78, 5) is 2.53. The predicted octanol–water partition coefficient (Wildman–Crippen LogP) is 3.52. The van der Waals surface area contributed by atoms with Crippen LogP contribution in [0.25, 0.3) is 0 Å². The van der Waals surface area contributed by atoms with Crippen molar-refractivity contribution in [2.45, 2.75) is 24.9 Å². The number of benzene rings is 2. The molecule has 2 atom stereocenters. The van der Waals surface area contributed by atoms with Gasteiger partial charge in [-0.3, -0.25) is 4.90 Å². The first kappa shape index (κ1) is 13.3. The highest BCUT2D eigenvalue weighted by Crippen LogP contribution is 2.32. The molecule has 0 radical (unpaired) electrons. The molecule has 0 aromatic heterocycles. The highest BCUT2D eigenvalue weighted by Gasteiger charge is 2.27. The fraction of sp³-hybridized carbons (Fsp3) is 0.333. The molecule has 0 bridgehead atoms. The molecule has 1 heterocycles. The lowest BCUT2D eigenvalue weighted by molar-refractivity contribution is 0.241. The lowest BCUT2D eigenvalue weighted by Crippen LogP contribution is -2.31. The Balaban J connectivity index is 1.70. The van der Waals surface area contributed by atoms with Gasteiger partial charge in [0.05, 0.1) is 0 Å². The van der Waals surface area contributed by atoms with E-state index in [1.807, 2.05) is 6.07 Å². The summed E-state index contributed by atoms with van der Waals surface area (Å²) in [6, 6.07) is 21.8. The Morgan fingerprint density at radius 2 is 1.65 bits per heavy atom. The second-order valence-electron chi connectivity index (χ2n) is 5.58. The van der Waals surface area contributed by atoms with Crippen molar-refractivity contribution in [2.24, 2.45) is 5.73 Å². The lowest BCUT2D eigenvalue weighted by atomic mass is 10.0. The average Bonchev–Trinajstić information content (AvgIpc) is 2.97. The second-order valence-corrected chi connectivity index (χ2v) is 5.58. The monoisotopic (exact) mass is 266 g/mol. The van der Waals surface area contributed by atoms with Crippen molar-refractivity contribution in [3.05, 3.63) is 71.8 Å². The van der Waals surface area contributed by atoms with E-state index in [0.717, 1.165) is 13.1 Å². The molecule has 0 spiro atoms. The Kier molecular flexibility index (Phi) is 4.14. The largest absolute Gasteiger partial charge is 0.323 e. The molecule has 2 aromatic carbocycles. The SMILES string of the molecule is N[C@H](CN1CCC[C@H]1c1ccccc1)c1ccccc1. The predicted molar refractivity (Wildman–Crippen MR) is 83.4 cm³/mol. The summed E-state index contributed by atoms with van der Waals surface area (Å²) in [5.74, 6) is 0. The van der Waals surface area contributed by atoms with Crippen LogP contribution in [0.4, 0.5) is 0 Å². The van der Waals surface area contributed by atoms with Crippen molar-refractivity contribution in [3.63, 3.8) is 0 Å². The third-order valence-electron chi connectivity index (χ3n) is 4.21. The molecule has 1 saturated heterocycles. The van der Waals surface area contributed by atoms with Gasteiger partial charge in [-0.15, -0.1) is 0 Å². The molecule has 1 aliphatic rings.